The van der Waals surface area contributed by atoms with Crippen molar-refractivity contribution in [1.29, 1.82) is 0 Å². The third kappa shape index (κ3) is 1.66. The van der Waals surface area contributed by atoms with E-state index in [-0.39, 0.29) is 0 Å². The van der Waals surface area contributed by atoms with Crippen molar-refractivity contribution in [3.63, 3.8) is 0 Å². The van der Waals surface area contributed by atoms with Gasteiger partial charge in [0, 0.05) is 23.2 Å². The van der Waals surface area contributed by atoms with Crippen LogP contribution in [0.15, 0.2) is 43.1 Å². The third-order valence-electron chi connectivity index (χ3n) is 6.51. The van der Waals surface area contributed by atoms with E-state index in [1.807, 2.05) is 12.3 Å². The van der Waals surface area contributed by atoms with Crippen molar-refractivity contribution < 1.29 is 4.74 Å². The molecule has 3 aliphatic rings. The molecule has 2 aromatic rings. The van der Waals surface area contributed by atoms with Gasteiger partial charge in [0.1, 0.15) is 5.75 Å². The highest BCUT2D eigenvalue weighted by Crippen LogP contribution is 2.70. The van der Waals surface area contributed by atoms with Gasteiger partial charge in [0.2, 0.25) is 0 Å². The average Bonchev–Trinajstić information content (AvgIpc) is 3.13. The van der Waals surface area contributed by atoms with Crippen LogP contribution in [-0.4, -0.2) is 35.1 Å². The molecule has 3 nitrogen and oxygen atoms in total. The van der Waals surface area contributed by atoms with Gasteiger partial charge in [-0.25, -0.2) is 0 Å². The fourth-order valence-corrected chi connectivity index (χ4v) is 5.45. The van der Waals surface area contributed by atoms with Gasteiger partial charge >= 0.3 is 0 Å². The lowest BCUT2D eigenvalue weighted by Crippen LogP contribution is -2.58. The second-order valence-electron chi connectivity index (χ2n) is 7.26. The lowest BCUT2D eigenvalue weighted by atomic mass is 9.84. The van der Waals surface area contributed by atoms with Crippen LogP contribution in [0.3, 0.4) is 0 Å². The number of hydrogen-bond donors (Lipinski definition) is 0. The van der Waals surface area contributed by atoms with Crippen LogP contribution in [-0.2, 0) is 6.42 Å². The Morgan fingerprint density at radius 2 is 2.35 bits per heavy atom. The fourth-order valence-electron chi connectivity index (χ4n) is 5.45. The summed E-state index contributed by atoms with van der Waals surface area (Å²) >= 11 is 0. The first-order valence-corrected chi connectivity index (χ1v) is 8.59. The van der Waals surface area contributed by atoms with Crippen LogP contribution >= 0.6 is 0 Å². The van der Waals surface area contributed by atoms with E-state index in [9.17, 15) is 0 Å². The second kappa shape index (κ2) is 4.57. The van der Waals surface area contributed by atoms with Gasteiger partial charge in [-0.3, -0.25) is 9.88 Å². The van der Waals surface area contributed by atoms with E-state index in [0.29, 0.717) is 11.6 Å². The normalized spacial score (nSPS) is 34.6. The molecule has 3 heteroatoms. The maximum atomic E-state index is 5.39. The van der Waals surface area contributed by atoms with Crippen molar-refractivity contribution in [2.45, 2.75) is 30.8 Å². The van der Waals surface area contributed by atoms with Gasteiger partial charge < -0.3 is 4.74 Å². The van der Waals surface area contributed by atoms with Crippen LogP contribution in [0.1, 0.15) is 18.4 Å². The summed E-state index contributed by atoms with van der Waals surface area (Å²) in [6.07, 6.45) is 7.94. The summed E-state index contributed by atoms with van der Waals surface area (Å²) in [6, 6.07) is 9.03. The molecule has 0 radical (unpaired) electrons. The van der Waals surface area contributed by atoms with E-state index in [4.69, 9.17) is 4.74 Å². The van der Waals surface area contributed by atoms with Crippen molar-refractivity contribution in [2.24, 2.45) is 11.8 Å². The Balaban J connectivity index is 1.44. The lowest BCUT2D eigenvalue weighted by Gasteiger charge is -2.49. The third-order valence-corrected chi connectivity index (χ3v) is 6.51. The van der Waals surface area contributed by atoms with Crippen LogP contribution < -0.4 is 4.74 Å². The monoisotopic (exact) mass is 306 g/mol. The van der Waals surface area contributed by atoms with Crippen molar-refractivity contribution in [3.05, 3.63) is 48.7 Å². The molecule has 1 aliphatic carbocycles. The predicted molar refractivity (Wildman–Crippen MR) is 91.6 cm³/mol. The van der Waals surface area contributed by atoms with Gasteiger partial charge in [0.15, 0.2) is 0 Å². The number of hydrogen-bond acceptors (Lipinski definition) is 3. The predicted octanol–water partition coefficient (Wildman–Crippen LogP) is 3.43. The fraction of sp³-hybridized carbons (Fsp3) is 0.450. The molecule has 3 fully saturated rings. The molecule has 0 N–H and O–H groups in total. The minimum absolute atomic E-state index is 0.507. The number of fused-ring (bicyclic) bond motifs is 1. The Kier molecular flexibility index (Phi) is 2.70. The molecule has 0 amide bonds. The molecule has 1 saturated carbocycles. The van der Waals surface area contributed by atoms with Crippen molar-refractivity contribution in [3.8, 4) is 5.75 Å². The highest BCUT2D eigenvalue weighted by Gasteiger charge is 2.75. The van der Waals surface area contributed by atoms with Crippen molar-refractivity contribution in [1.82, 2.24) is 9.88 Å². The second-order valence-corrected chi connectivity index (χ2v) is 7.26. The minimum Gasteiger partial charge on any atom is -0.497 e. The smallest absolute Gasteiger partial charge is 0.119 e. The van der Waals surface area contributed by atoms with E-state index in [1.165, 1.54) is 30.3 Å². The summed E-state index contributed by atoms with van der Waals surface area (Å²) in [5.74, 6) is 2.55. The summed E-state index contributed by atoms with van der Waals surface area (Å²) in [7, 11) is 1.72. The van der Waals surface area contributed by atoms with Crippen LogP contribution in [0, 0.1) is 11.8 Å². The maximum Gasteiger partial charge on any atom is 0.119 e. The van der Waals surface area contributed by atoms with Crippen molar-refractivity contribution >= 4 is 10.9 Å². The van der Waals surface area contributed by atoms with Crippen LogP contribution in [0.25, 0.3) is 10.9 Å². The topological polar surface area (TPSA) is 25.4 Å². The number of piperidine rings is 1. The van der Waals surface area contributed by atoms with E-state index in [0.717, 1.165) is 29.5 Å². The Morgan fingerprint density at radius 3 is 3.13 bits per heavy atom. The summed E-state index contributed by atoms with van der Waals surface area (Å²) in [5.41, 5.74) is 2.97. The zero-order valence-electron chi connectivity index (χ0n) is 13.5. The molecular weight excluding hydrogens is 284 g/mol. The van der Waals surface area contributed by atoms with Crippen LogP contribution in [0.5, 0.6) is 5.75 Å². The molecule has 3 unspecified atom stereocenters. The molecule has 0 bridgehead atoms. The van der Waals surface area contributed by atoms with Gasteiger partial charge in [0.05, 0.1) is 12.6 Å². The van der Waals surface area contributed by atoms with E-state index in [2.05, 4.69) is 40.7 Å². The highest BCUT2D eigenvalue weighted by atomic mass is 16.5. The molecule has 2 saturated heterocycles. The molecule has 3 heterocycles. The van der Waals surface area contributed by atoms with Crippen LogP contribution in [0.4, 0.5) is 0 Å². The van der Waals surface area contributed by atoms with Gasteiger partial charge in [-0.15, -0.1) is 6.58 Å². The molecule has 118 valence electrons. The Labute approximate surface area is 137 Å². The molecule has 5 rings (SSSR count). The minimum atomic E-state index is 0.507. The number of aromatic nitrogens is 1. The Hall–Kier alpha value is -1.87. The SMILES string of the molecule is C=CC1C2CCN3C(Cc4ccnc5ccc(OC)cc45)C[C@]123. The van der Waals surface area contributed by atoms with E-state index < -0.39 is 0 Å². The quantitative estimate of drug-likeness (QED) is 0.809. The molecular formula is C20H22N2O. The standard InChI is InChI=1S/C20H22N2O/c1-3-17-18-7-9-22-14(12-20(17,18)22)10-13-6-8-21-19-5-4-15(23-2)11-16(13)19/h3-6,8,11,14,17-18H,1,7,9-10,12H2,2H3/t14?,17?,18?,20-/m0/s1. The van der Waals surface area contributed by atoms with E-state index >= 15 is 0 Å². The number of pyridine rings is 1. The van der Waals surface area contributed by atoms with Gasteiger partial charge in [-0.05, 0) is 67.5 Å². The lowest BCUT2D eigenvalue weighted by molar-refractivity contribution is 0.00992. The summed E-state index contributed by atoms with van der Waals surface area (Å²) in [4.78, 5) is 7.26. The first kappa shape index (κ1) is 13.6. The zero-order valence-corrected chi connectivity index (χ0v) is 13.5. The number of methoxy groups -OCH3 is 1. The number of rotatable bonds is 4. The Morgan fingerprint density at radius 1 is 1.43 bits per heavy atom. The van der Waals surface area contributed by atoms with Crippen LogP contribution in [0.2, 0.25) is 0 Å². The molecule has 23 heavy (non-hydrogen) atoms. The molecule has 1 aromatic carbocycles. The molecule has 1 spiro atoms. The first-order valence-electron chi connectivity index (χ1n) is 8.59. The van der Waals surface area contributed by atoms with Gasteiger partial charge in [0.25, 0.3) is 0 Å². The first-order chi connectivity index (χ1) is 11.3. The molecule has 2 aliphatic heterocycles. The number of ether oxygens (including phenoxy) is 1. The molecule has 4 atom stereocenters. The van der Waals surface area contributed by atoms with Gasteiger partial charge in [-0.2, -0.15) is 0 Å². The van der Waals surface area contributed by atoms with Crippen molar-refractivity contribution in [2.75, 3.05) is 13.7 Å². The maximum absolute atomic E-state index is 5.39. The summed E-state index contributed by atoms with van der Waals surface area (Å²) in [5, 5.41) is 1.24. The average molecular weight is 306 g/mol. The summed E-state index contributed by atoms with van der Waals surface area (Å²) in [6.45, 7) is 5.31. The number of benzene rings is 1. The molecule has 1 aromatic heterocycles. The highest BCUT2D eigenvalue weighted by molar-refractivity contribution is 5.83. The zero-order chi connectivity index (χ0) is 15.6. The number of nitrogens with zero attached hydrogens (tertiary/aromatic N) is 2. The largest absolute Gasteiger partial charge is 0.497 e. The van der Waals surface area contributed by atoms with E-state index in [1.54, 1.807) is 7.11 Å². The van der Waals surface area contributed by atoms with Gasteiger partial charge in [-0.1, -0.05) is 6.08 Å². The summed E-state index contributed by atoms with van der Waals surface area (Å²) < 4.78 is 5.39. The Bertz CT molecular complexity index is 801.